The van der Waals surface area contributed by atoms with E-state index >= 15 is 0 Å². The highest BCUT2D eigenvalue weighted by Crippen LogP contribution is 2.19. The third kappa shape index (κ3) is 5.80. The number of nitrogens with one attached hydrogen (secondary N) is 1. The summed E-state index contributed by atoms with van der Waals surface area (Å²) < 4.78 is 18.8. The van der Waals surface area contributed by atoms with Gasteiger partial charge in [0.15, 0.2) is 0 Å². The topological polar surface area (TPSA) is 41.6 Å². The molecule has 0 atom stereocenters. The monoisotopic (exact) mass is 384 g/mol. The van der Waals surface area contributed by atoms with E-state index < -0.39 is 0 Å². The summed E-state index contributed by atoms with van der Waals surface area (Å²) in [5, 5.41) is 3.35. The summed E-state index contributed by atoms with van der Waals surface area (Å²) in [5.41, 5.74) is 1.93. The van der Waals surface area contributed by atoms with Crippen molar-refractivity contribution in [2.75, 3.05) is 19.7 Å². The number of rotatable bonds is 8. The van der Waals surface area contributed by atoms with E-state index in [0.717, 1.165) is 49.2 Å². The molecule has 1 fully saturated rings. The normalized spacial score (nSPS) is 14.6. The third-order valence-corrected chi connectivity index (χ3v) is 5.09. The van der Waals surface area contributed by atoms with Crippen LogP contribution in [0.3, 0.4) is 0 Å². The molecule has 0 saturated carbocycles. The van der Waals surface area contributed by atoms with Crippen LogP contribution in [0.4, 0.5) is 4.39 Å². The Kier molecular flexibility index (Phi) is 7.43. The van der Waals surface area contributed by atoms with Crippen molar-refractivity contribution >= 4 is 5.91 Å². The molecular weight excluding hydrogens is 355 g/mol. The van der Waals surface area contributed by atoms with Gasteiger partial charge in [-0.15, -0.1) is 0 Å². The standard InChI is InChI=1S/C23H29FN2O2/c1-2-15-28-22-9-5-18(6-10-22)16-23(27)26(21-11-13-25-14-12-21)17-19-3-7-20(24)8-4-19/h3-10,21,25H,2,11-17H2,1H3. The lowest BCUT2D eigenvalue weighted by Crippen LogP contribution is -2.46. The van der Waals surface area contributed by atoms with Gasteiger partial charge in [0.2, 0.25) is 5.91 Å². The number of carbonyl (C=O) groups is 1. The van der Waals surface area contributed by atoms with Crippen molar-refractivity contribution in [2.45, 2.75) is 45.2 Å². The minimum atomic E-state index is -0.256. The molecule has 2 aromatic rings. The first kappa shape index (κ1) is 20.3. The van der Waals surface area contributed by atoms with Gasteiger partial charge in [0.1, 0.15) is 11.6 Å². The smallest absolute Gasteiger partial charge is 0.227 e. The molecule has 1 aliphatic heterocycles. The zero-order valence-electron chi connectivity index (χ0n) is 16.5. The Balaban J connectivity index is 1.69. The van der Waals surface area contributed by atoms with Crippen LogP contribution in [0.5, 0.6) is 5.75 Å². The number of benzene rings is 2. The SMILES string of the molecule is CCCOc1ccc(CC(=O)N(Cc2ccc(F)cc2)C2CCNCC2)cc1. The van der Waals surface area contributed by atoms with Crippen LogP contribution in [-0.2, 0) is 17.8 Å². The minimum Gasteiger partial charge on any atom is -0.494 e. The van der Waals surface area contributed by atoms with Gasteiger partial charge in [-0.25, -0.2) is 4.39 Å². The lowest BCUT2D eigenvalue weighted by atomic mass is 10.0. The van der Waals surface area contributed by atoms with E-state index in [1.165, 1.54) is 12.1 Å². The molecule has 5 heteroatoms. The Labute approximate surface area is 166 Å². The second-order valence-electron chi connectivity index (χ2n) is 7.30. The fourth-order valence-corrected chi connectivity index (χ4v) is 3.53. The second kappa shape index (κ2) is 10.2. The lowest BCUT2D eigenvalue weighted by Gasteiger charge is -2.35. The largest absolute Gasteiger partial charge is 0.494 e. The molecule has 0 aromatic heterocycles. The molecule has 0 aliphatic carbocycles. The molecule has 1 amide bonds. The van der Waals surface area contributed by atoms with E-state index in [1.807, 2.05) is 29.2 Å². The average molecular weight is 384 g/mol. The highest BCUT2D eigenvalue weighted by atomic mass is 19.1. The number of hydrogen-bond donors (Lipinski definition) is 1. The maximum absolute atomic E-state index is 13.2. The van der Waals surface area contributed by atoms with Gasteiger partial charge in [0.25, 0.3) is 0 Å². The van der Waals surface area contributed by atoms with Crippen molar-refractivity contribution in [2.24, 2.45) is 0 Å². The van der Waals surface area contributed by atoms with Gasteiger partial charge in [-0.1, -0.05) is 31.2 Å². The molecule has 0 bridgehead atoms. The molecule has 0 spiro atoms. The maximum Gasteiger partial charge on any atom is 0.227 e. The van der Waals surface area contributed by atoms with Gasteiger partial charge in [-0.05, 0) is 67.7 Å². The number of hydrogen-bond acceptors (Lipinski definition) is 3. The van der Waals surface area contributed by atoms with Crippen LogP contribution in [0.1, 0.15) is 37.3 Å². The van der Waals surface area contributed by atoms with Gasteiger partial charge in [-0.2, -0.15) is 0 Å². The van der Waals surface area contributed by atoms with Gasteiger partial charge in [-0.3, -0.25) is 4.79 Å². The summed E-state index contributed by atoms with van der Waals surface area (Å²) in [6, 6.07) is 14.4. The van der Waals surface area contributed by atoms with E-state index in [4.69, 9.17) is 4.74 Å². The van der Waals surface area contributed by atoms with Crippen LogP contribution in [0.15, 0.2) is 48.5 Å². The molecule has 150 valence electrons. The van der Waals surface area contributed by atoms with Crippen molar-refractivity contribution in [1.29, 1.82) is 0 Å². The highest BCUT2D eigenvalue weighted by molar-refractivity contribution is 5.79. The van der Waals surface area contributed by atoms with E-state index in [2.05, 4.69) is 12.2 Å². The first-order chi connectivity index (χ1) is 13.7. The zero-order chi connectivity index (χ0) is 19.8. The first-order valence-corrected chi connectivity index (χ1v) is 10.1. The summed E-state index contributed by atoms with van der Waals surface area (Å²) in [7, 11) is 0. The van der Waals surface area contributed by atoms with E-state index in [0.29, 0.717) is 19.6 Å². The van der Waals surface area contributed by atoms with E-state index in [-0.39, 0.29) is 17.8 Å². The first-order valence-electron chi connectivity index (χ1n) is 10.1. The molecule has 1 saturated heterocycles. The van der Waals surface area contributed by atoms with E-state index in [9.17, 15) is 9.18 Å². The number of carbonyl (C=O) groups excluding carboxylic acids is 1. The Hall–Kier alpha value is -2.40. The molecule has 0 unspecified atom stereocenters. The molecule has 1 aliphatic rings. The average Bonchev–Trinajstić information content (AvgIpc) is 2.73. The quantitative estimate of drug-likeness (QED) is 0.750. The Morgan fingerprint density at radius 1 is 1.07 bits per heavy atom. The predicted octanol–water partition coefficient (Wildman–Crippen LogP) is 3.94. The molecule has 2 aromatic carbocycles. The molecular formula is C23H29FN2O2. The summed E-state index contributed by atoms with van der Waals surface area (Å²) in [6.07, 6.45) is 3.21. The number of ether oxygens (including phenoxy) is 1. The fourth-order valence-electron chi connectivity index (χ4n) is 3.53. The summed E-state index contributed by atoms with van der Waals surface area (Å²) in [6.45, 7) is 5.12. The molecule has 28 heavy (non-hydrogen) atoms. The number of amides is 1. The maximum atomic E-state index is 13.2. The molecule has 4 nitrogen and oxygen atoms in total. The number of piperidine rings is 1. The van der Waals surface area contributed by atoms with Crippen molar-refractivity contribution in [3.05, 3.63) is 65.5 Å². The van der Waals surface area contributed by atoms with Crippen LogP contribution in [-0.4, -0.2) is 36.5 Å². The highest BCUT2D eigenvalue weighted by Gasteiger charge is 2.25. The summed E-state index contributed by atoms with van der Waals surface area (Å²) in [5.74, 6) is 0.687. The predicted molar refractivity (Wildman–Crippen MR) is 109 cm³/mol. The summed E-state index contributed by atoms with van der Waals surface area (Å²) in [4.78, 5) is 15.1. The van der Waals surface area contributed by atoms with Crippen LogP contribution >= 0.6 is 0 Å². The Morgan fingerprint density at radius 2 is 1.71 bits per heavy atom. The van der Waals surface area contributed by atoms with Crippen LogP contribution in [0.25, 0.3) is 0 Å². The Bertz CT molecular complexity index is 740. The molecule has 0 radical (unpaired) electrons. The molecule has 3 rings (SSSR count). The van der Waals surface area contributed by atoms with Crippen molar-refractivity contribution in [3.8, 4) is 5.75 Å². The van der Waals surface area contributed by atoms with Gasteiger partial charge >= 0.3 is 0 Å². The number of halogens is 1. The van der Waals surface area contributed by atoms with Crippen molar-refractivity contribution in [1.82, 2.24) is 10.2 Å². The van der Waals surface area contributed by atoms with Crippen molar-refractivity contribution < 1.29 is 13.9 Å². The van der Waals surface area contributed by atoms with Crippen LogP contribution in [0, 0.1) is 5.82 Å². The van der Waals surface area contributed by atoms with Crippen LogP contribution < -0.4 is 10.1 Å². The zero-order valence-corrected chi connectivity index (χ0v) is 16.5. The Morgan fingerprint density at radius 3 is 2.36 bits per heavy atom. The van der Waals surface area contributed by atoms with Gasteiger partial charge < -0.3 is 15.0 Å². The minimum absolute atomic E-state index is 0.110. The van der Waals surface area contributed by atoms with E-state index in [1.54, 1.807) is 12.1 Å². The number of nitrogens with zero attached hydrogens (tertiary/aromatic N) is 1. The fraction of sp³-hybridized carbons (Fsp3) is 0.435. The summed E-state index contributed by atoms with van der Waals surface area (Å²) >= 11 is 0. The lowest BCUT2D eigenvalue weighted by molar-refractivity contribution is -0.134. The molecule has 1 N–H and O–H groups in total. The second-order valence-corrected chi connectivity index (χ2v) is 7.30. The third-order valence-electron chi connectivity index (χ3n) is 5.09. The van der Waals surface area contributed by atoms with Gasteiger partial charge in [0, 0.05) is 12.6 Å². The molecule has 1 heterocycles. The van der Waals surface area contributed by atoms with Crippen molar-refractivity contribution in [3.63, 3.8) is 0 Å². The van der Waals surface area contributed by atoms with Gasteiger partial charge in [0.05, 0.1) is 13.0 Å². The van der Waals surface area contributed by atoms with Crippen LogP contribution in [0.2, 0.25) is 0 Å².